The largest absolute Gasteiger partial charge is 0.383 e. The van der Waals surface area contributed by atoms with E-state index in [-0.39, 0.29) is 18.0 Å². The lowest BCUT2D eigenvalue weighted by atomic mass is 10.2. The SMILES string of the molecule is C.C1CCOC1.Clc1nc(Cl)c2cccc(Br)c2n1.Nc1nc(Cl)nc2c(Br)cccc12. The maximum atomic E-state index is 5.88. The van der Waals surface area contributed by atoms with Crippen LogP contribution in [-0.4, -0.2) is 33.1 Å². The van der Waals surface area contributed by atoms with Crippen LogP contribution in [-0.2, 0) is 4.74 Å². The molecule has 11 heteroatoms. The first-order valence-electron chi connectivity index (χ1n) is 9.09. The summed E-state index contributed by atoms with van der Waals surface area (Å²) in [6.07, 6.45) is 2.56. The second kappa shape index (κ2) is 12.8. The molecule has 0 atom stereocenters. The van der Waals surface area contributed by atoms with Crippen molar-refractivity contribution in [2.24, 2.45) is 0 Å². The predicted octanol–water partition coefficient (Wildman–Crippen LogP) is 7.76. The summed E-state index contributed by atoms with van der Waals surface area (Å²) < 4.78 is 6.66. The number of hydrogen-bond acceptors (Lipinski definition) is 6. The van der Waals surface area contributed by atoms with E-state index in [1.807, 2.05) is 36.4 Å². The summed E-state index contributed by atoms with van der Waals surface area (Å²) in [5.74, 6) is 0.399. The van der Waals surface area contributed by atoms with Gasteiger partial charge >= 0.3 is 0 Å². The number of para-hydroxylation sites is 2. The zero-order chi connectivity index (χ0) is 22.4. The number of rotatable bonds is 0. The summed E-state index contributed by atoms with van der Waals surface area (Å²) in [6.45, 7) is 2.00. The van der Waals surface area contributed by atoms with Gasteiger partial charge in [-0.3, -0.25) is 0 Å². The van der Waals surface area contributed by atoms with Gasteiger partial charge in [0.1, 0.15) is 11.0 Å². The highest BCUT2D eigenvalue weighted by atomic mass is 79.9. The van der Waals surface area contributed by atoms with E-state index in [0.29, 0.717) is 11.0 Å². The minimum atomic E-state index is 0. The van der Waals surface area contributed by atoms with E-state index in [2.05, 4.69) is 51.8 Å². The van der Waals surface area contributed by atoms with Gasteiger partial charge in [0.25, 0.3) is 0 Å². The highest BCUT2D eigenvalue weighted by Crippen LogP contribution is 2.27. The molecule has 3 heterocycles. The third-order valence-corrected chi connectivity index (χ3v) is 6.02. The molecule has 2 N–H and O–H groups in total. The van der Waals surface area contributed by atoms with E-state index in [0.717, 1.165) is 44.0 Å². The van der Waals surface area contributed by atoms with Crippen molar-refractivity contribution < 1.29 is 4.74 Å². The molecule has 4 aromatic rings. The summed E-state index contributed by atoms with van der Waals surface area (Å²) >= 11 is 23.9. The van der Waals surface area contributed by atoms with E-state index in [1.165, 1.54) is 12.8 Å². The topological polar surface area (TPSA) is 86.8 Å². The molecule has 2 aromatic carbocycles. The number of anilines is 1. The second-order valence-corrected chi connectivity index (χ2v) is 9.00. The highest BCUT2D eigenvalue weighted by molar-refractivity contribution is 9.11. The minimum absolute atomic E-state index is 0. The van der Waals surface area contributed by atoms with Gasteiger partial charge in [-0.1, -0.05) is 31.2 Å². The zero-order valence-corrected chi connectivity index (χ0v) is 21.4. The van der Waals surface area contributed by atoms with Crippen molar-refractivity contribution in [3.05, 3.63) is 61.1 Å². The number of halogens is 5. The lowest BCUT2D eigenvalue weighted by molar-refractivity contribution is 0.198. The Morgan fingerprint density at radius 3 is 1.78 bits per heavy atom. The lowest BCUT2D eigenvalue weighted by Crippen LogP contribution is -1.95. The Morgan fingerprint density at radius 2 is 1.25 bits per heavy atom. The number of nitrogens with two attached hydrogens (primary N) is 1. The molecule has 6 nitrogen and oxygen atoms in total. The molecule has 1 aliphatic rings. The standard InChI is InChI=1S/C8H3BrCl2N2.C8H5BrClN3.C4H8O.CH4/c9-5-3-1-2-4-6(5)12-8(11)13-7(4)10;9-5-3-1-2-4-6(5)12-8(10)13-7(4)11;1-2-4-5-3-1;/h1-3H;1-3H,(H2,11,12,13);1-4H2;1H4. The first-order valence-corrected chi connectivity index (χ1v) is 11.8. The molecule has 0 aliphatic carbocycles. The Bertz CT molecular complexity index is 1110. The van der Waals surface area contributed by atoms with Crippen LogP contribution in [0.4, 0.5) is 5.82 Å². The maximum Gasteiger partial charge on any atom is 0.224 e. The van der Waals surface area contributed by atoms with Crippen molar-refractivity contribution in [1.82, 2.24) is 19.9 Å². The van der Waals surface area contributed by atoms with Gasteiger partial charge in [-0.05, 0) is 92.2 Å². The van der Waals surface area contributed by atoms with Crippen molar-refractivity contribution in [3.8, 4) is 0 Å². The van der Waals surface area contributed by atoms with Gasteiger partial charge in [-0.25, -0.2) is 19.9 Å². The van der Waals surface area contributed by atoms with Crippen molar-refractivity contribution in [1.29, 1.82) is 0 Å². The van der Waals surface area contributed by atoms with Gasteiger partial charge in [-0.2, -0.15) is 0 Å². The third kappa shape index (κ3) is 7.10. The van der Waals surface area contributed by atoms with Crippen molar-refractivity contribution in [2.45, 2.75) is 20.3 Å². The van der Waals surface area contributed by atoms with Crippen LogP contribution >= 0.6 is 66.7 Å². The Morgan fingerprint density at radius 1 is 0.750 bits per heavy atom. The molecule has 5 rings (SSSR count). The summed E-state index contributed by atoms with van der Waals surface area (Å²) in [7, 11) is 0. The summed E-state index contributed by atoms with van der Waals surface area (Å²) in [6, 6.07) is 11.2. The van der Waals surface area contributed by atoms with Crippen LogP contribution in [0.2, 0.25) is 15.7 Å². The molecule has 32 heavy (non-hydrogen) atoms. The molecular formula is C21H20Br2Cl3N5O. The molecule has 0 radical (unpaired) electrons. The molecule has 0 spiro atoms. The summed E-state index contributed by atoms with van der Waals surface area (Å²) in [5.41, 5.74) is 7.13. The van der Waals surface area contributed by atoms with Crippen LogP contribution in [0.25, 0.3) is 21.8 Å². The molecule has 0 bridgehead atoms. The predicted molar refractivity (Wildman–Crippen MR) is 141 cm³/mol. The summed E-state index contributed by atoms with van der Waals surface area (Å²) in [5, 5.41) is 2.29. The van der Waals surface area contributed by atoms with E-state index in [9.17, 15) is 0 Å². The average Bonchev–Trinajstić information content (AvgIpc) is 3.30. The van der Waals surface area contributed by atoms with Crippen LogP contribution in [0.1, 0.15) is 20.3 Å². The van der Waals surface area contributed by atoms with Gasteiger partial charge < -0.3 is 10.5 Å². The van der Waals surface area contributed by atoms with E-state index in [1.54, 1.807) is 0 Å². The Kier molecular flexibility index (Phi) is 10.8. The van der Waals surface area contributed by atoms with Gasteiger partial charge in [0.2, 0.25) is 10.6 Å². The number of hydrogen-bond donors (Lipinski definition) is 1. The number of ether oxygens (including phenoxy) is 1. The first kappa shape index (κ1) is 27.0. The fraction of sp³-hybridized carbons (Fsp3) is 0.238. The smallest absolute Gasteiger partial charge is 0.224 e. The molecule has 1 fully saturated rings. The minimum Gasteiger partial charge on any atom is -0.383 e. The van der Waals surface area contributed by atoms with Gasteiger partial charge in [0.05, 0.1) is 11.0 Å². The van der Waals surface area contributed by atoms with Crippen molar-refractivity contribution in [3.63, 3.8) is 0 Å². The summed E-state index contributed by atoms with van der Waals surface area (Å²) in [4.78, 5) is 15.8. The molecule has 0 unspecified atom stereocenters. The molecule has 1 aliphatic heterocycles. The average molecular weight is 625 g/mol. The molecule has 2 aromatic heterocycles. The number of aromatic nitrogens is 4. The number of nitrogens with zero attached hydrogens (tertiary/aromatic N) is 4. The zero-order valence-electron chi connectivity index (χ0n) is 16.0. The van der Waals surface area contributed by atoms with Gasteiger partial charge in [0, 0.05) is 32.9 Å². The van der Waals surface area contributed by atoms with Crippen LogP contribution in [0.3, 0.4) is 0 Å². The third-order valence-electron chi connectivity index (χ3n) is 4.11. The van der Waals surface area contributed by atoms with E-state index in [4.69, 9.17) is 45.3 Å². The van der Waals surface area contributed by atoms with Crippen LogP contribution in [0, 0.1) is 0 Å². The Hall–Kier alpha value is -1.29. The van der Waals surface area contributed by atoms with Crippen LogP contribution < -0.4 is 5.73 Å². The molecule has 1 saturated heterocycles. The Balaban J connectivity index is 0.000000182. The normalized spacial score (nSPS) is 12.4. The van der Waals surface area contributed by atoms with E-state index >= 15 is 0 Å². The second-order valence-electron chi connectivity index (χ2n) is 6.25. The molecule has 0 saturated carbocycles. The maximum absolute atomic E-state index is 5.88. The van der Waals surface area contributed by atoms with Crippen molar-refractivity contribution >= 4 is 94.3 Å². The molecule has 170 valence electrons. The fourth-order valence-corrected chi connectivity index (χ4v) is 4.21. The van der Waals surface area contributed by atoms with Crippen LogP contribution in [0.5, 0.6) is 0 Å². The lowest BCUT2D eigenvalue weighted by Gasteiger charge is -2.02. The Labute approximate surface area is 218 Å². The molecular weight excluding hydrogens is 604 g/mol. The van der Waals surface area contributed by atoms with E-state index < -0.39 is 0 Å². The number of fused-ring (bicyclic) bond motifs is 2. The highest BCUT2D eigenvalue weighted by Gasteiger charge is 2.07. The van der Waals surface area contributed by atoms with Crippen LogP contribution in [0.15, 0.2) is 45.3 Å². The van der Waals surface area contributed by atoms with Crippen molar-refractivity contribution in [2.75, 3.05) is 18.9 Å². The fourth-order valence-electron chi connectivity index (χ4n) is 2.68. The quantitative estimate of drug-likeness (QED) is 0.159. The first-order chi connectivity index (χ1) is 14.9. The van der Waals surface area contributed by atoms with Gasteiger partial charge in [-0.15, -0.1) is 0 Å². The monoisotopic (exact) mass is 621 g/mol. The number of benzene rings is 2. The number of nitrogen functional groups attached to an aromatic ring is 1. The van der Waals surface area contributed by atoms with Gasteiger partial charge in [0.15, 0.2) is 0 Å². The molecule has 0 amide bonds.